The molecule has 0 saturated heterocycles. The Hall–Kier alpha value is -2.51. The maximum atomic E-state index is 10.1. The van der Waals surface area contributed by atoms with E-state index in [2.05, 4.69) is 54.4 Å². The van der Waals surface area contributed by atoms with Gasteiger partial charge in [-0.2, -0.15) is 5.26 Å². The summed E-state index contributed by atoms with van der Waals surface area (Å²) in [6, 6.07) is 21.4. The second-order valence-corrected chi connectivity index (χ2v) is 7.62. The lowest BCUT2D eigenvalue weighted by atomic mass is 9.77. The van der Waals surface area contributed by atoms with Gasteiger partial charge < -0.3 is 4.57 Å². The number of unbranched alkanes of at least 4 members (excludes halogenated alkanes) is 1. The van der Waals surface area contributed by atoms with Crippen LogP contribution in [0.2, 0.25) is 0 Å². The Morgan fingerprint density at radius 1 is 1.08 bits per heavy atom. The van der Waals surface area contributed by atoms with E-state index in [1.807, 2.05) is 29.0 Å². The summed E-state index contributed by atoms with van der Waals surface area (Å²) in [6.45, 7) is 2.80. The zero-order chi connectivity index (χ0) is 18.2. The molecule has 2 aromatic carbocycles. The maximum Gasteiger partial charge on any atom is 0.100 e. The molecule has 0 spiro atoms. The van der Waals surface area contributed by atoms with Gasteiger partial charge in [-0.15, -0.1) is 0 Å². The fourth-order valence-corrected chi connectivity index (χ4v) is 3.95. The molecule has 1 atom stereocenters. The van der Waals surface area contributed by atoms with E-state index >= 15 is 0 Å². The average Bonchev–Trinajstić information content (AvgIpc) is 3.19. The lowest BCUT2D eigenvalue weighted by Gasteiger charge is -2.28. The summed E-state index contributed by atoms with van der Waals surface area (Å²) in [6.07, 6.45) is 8.44. The fraction of sp³-hybridized carbons (Fsp3) is 0.273. The smallest absolute Gasteiger partial charge is 0.100 e. The van der Waals surface area contributed by atoms with Gasteiger partial charge in [-0.1, -0.05) is 61.9 Å². The van der Waals surface area contributed by atoms with Gasteiger partial charge in [-0.3, -0.25) is 0 Å². The van der Waals surface area contributed by atoms with E-state index in [1.54, 1.807) is 24.3 Å². The van der Waals surface area contributed by atoms with Crippen LogP contribution in [0.3, 0.4) is 0 Å². The van der Waals surface area contributed by atoms with Crippen LogP contribution >= 0.6 is 11.8 Å². The predicted molar refractivity (Wildman–Crippen MR) is 106 cm³/mol. The fourth-order valence-electron chi connectivity index (χ4n) is 3.11. The summed E-state index contributed by atoms with van der Waals surface area (Å²) < 4.78 is 2.01. The van der Waals surface area contributed by atoms with Crippen molar-refractivity contribution in [1.29, 1.82) is 5.26 Å². The van der Waals surface area contributed by atoms with E-state index < -0.39 is 5.41 Å². The van der Waals surface area contributed by atoms with Gasteiger partial charge in [-0.25, -0.2) is 4.98 Å². The number of hydrogen-bond donors (Lipinski definition) is 0. The lowest BCUT2D eigenvalue weighted by Crippen LogP contribution is -2.30. The molecule has 0 aliphatic carbocycles. The van der Waals surface area contributed by atoms with E-state index in [-0.39, 0.29) is 0 Å². The number of nitriles is 1. The lowest BCUT2D eigenvalue weighted by molar-refractivity contribution is 0.411. The van der Waals surface area contributed by atoms with Gasteiger partial charge in [0.25, 0.3) is 0 Å². The van der Waals surface area contributed by atoms with Crippen molar-refractivity contribution in [3.8, 4) is 6.07 Å². The van der Waals surface area contributed by atoms with Crippen LogP contribution in [0.15, 0.2) is 83.1 Å². The van der Waals surface area contributed by atoms with Crippen LogP contribution in [-0.4, -0.2) is 9.55 Å². The minimum Gasteiger partial charge on any atom is -0.336 e. The van der Waals surface area contributed by atoms with Gasteiger partial charge in [0, 0.05) is 28.7 Å². The Morgan fingerprint density at radius 3 is 2.42 bits per heavy atom. The molecule has 4 heteroatoms. The molecule has 1 aromatic heterocycles. The van der Waals surface area contributed by atoms with E-state index in [0.717, 1.165) is 24.8 Å². The molecule has 3 nitrogen and oxygen atoms in total. The molecular formula is C22H23N3S. The van der Waals surface area contributed by atoms with Crippen LogP contribution in [0, 0.1) is 11.3 Å². The molecule has 0 amide bonds. The minimum absolute atomic E-state index is 0.521. The topological polar surface area (TPSA) is 41.6 Å². The zero-order valence-corrected chi connectivity index (χ0v) is 15.8. The van der Waals surface area contributed by atoms with Crippen LogP contribution in [0.1, 0.15) is 31.7 Å². The molecule has 0 radical (unpaired) electrons. The Morgan fingerprint density at radius 2 is 1.81 bits per heavy atom. The van der Waals surface area contributed by atoms with E-state index in [1.165, 1.54) is 9.79 Å². The number of benzene rings is 2. The highest BCUT2D eigenvalue weighted by molar-refractivity contribution is 7.99. The quantitative estimate of drug-likeness (QED) is 0.518. The van der Waals surface area contributed by atoms with Crippen molar-refractivity contribution in [3.05, 3.63) is 78.9 Å². The molecule has 1 heterocycles. The summed E-state index contributed by atoms with van der Waals surface area (Å²) in [5, 5.41) is 10.1. The minimum atomic E-state index is -0.521. The highest BCUT2D eigenvalue weighted by Gasteiger charge is 2.32. The highest BCUT2D eigenvalue weighted by Crippen LogP contribution is 2.34. The van der Waals surface area contributed by atoms with Crippen LogP contribution in [0.25, 0.3) is 0 Å². The van der Waals surface area contributed by atoms with Crippen molar-refractivity contribution in [2.45, 2.75) is 47.9 Å². The molecule has 3 rings (SSSR count). The molecule has 1 unspecified atom stereocenters. The highest BCUT2D eigenvalue weighted by atomic mass is 32.2. The third-order valence-corrected chi connectivity index (χ3v) is 5.58. The second kappa shape index (κ2) is 8.73. The Bertz CT molecular complexity index is 835. The molecule has 0 aliphatic heterocycles. The normalized spacial score (nSPS) is 13.1. The van der Waals surface area contributed by atoms with Crippen molar-refractivity contribution in [2.24, 2.45) is 0 Å². The van der Waals surface area contributed by atoms with Crippen LogP contribution in [-0.2, 0) is 12.0 Å². The number of rotatable bonds is 8. The van der Waals surface area contributed by atoms with Crippen molar-refractivity contribution < 1.29 is 0 Å². The third kappa shape index (κ3) is 4.36. The Labute approximate surface area is 159 Å². The average molecular weight is 362 g/mol. The SMILES string of the molecule is CCCCC(C#N)(Cn1ccnc1)c1ccc(Sc2ccccc2)cc1. The number of imidazole rings is 1. The van der Waals surface area contributed by atoms with Crippen molar-refractivity contribution >= 4 is 11.8 Å². The molecule has 0 N–H and O–H groups in total. The summed E-state index contributed by atoms with van der Waals surface area (Å²) >= 11 is 1.74. The summed E-state index contributed by atoms with van der Waals surface area (Å²) in [7, 11) is 0. The van der Waals surface area contributed by atoms with E-state index in [0.29, 0.717) is 6.54 Å². The van der Waals surface area contributed by atoms with Gasteiger partial charge in [0.05, 0.1) is 12.4 Å². The first-order valence-corrected chi connectivity index (χ1v) is 9.78. The summed E-state index contributed by atoms with van der Waals surface area (Å²) in [4.78, 5) is 6.53. The molecule has 0 fully saturated rings. The van der Waals surface area contributed by atoms with Crippen molar-refractivity contribution in [3.63, 3.8) is 0 Å². The first kappa shape index (κ1) is 18.3. The zero-order valence-electron chi connectivity index (χ0n) is 15.0. The molecule has 0 bridgehead atoms. The molecule has 3 aromatic rings. The second-order valence-electron chi connectivity index (χ2n) is 6.47. The monoisotopic (exact) mass is 361 g/mol. The molecule has 26 heavy (non-hydrogen) atoms. The molecule has 0 saturated carbocycles. The van der Waals surface area contributed by atoms with Crippen molar-refractivity contribution in [1.82, 2.24) is 9.55 Å². The van der Waals surface area contributed by atoms with Crippen LogP contribution in [0.5, 0.6) is 0 Å². The maximum absolute atomic E-state index is 10.1. The molecular weight excluding hydrogens is 338 g/mol. The Kier molecular flexibility index (Phi) is 6.14. The number of hydrogen-bond acceptors (Lipinski definition) is 3. The molecule has 0 aliphatic rings. The van der Waals surface area contributed by atoms with Crippen LogP contribution < -0.4 is 0 Å². The number of nitrogens with zero attached hydrogens (tertiary/aromatic N) is 3. The first-order valence-electron chi connectivity index (χ1n) is 8.96. The summed E-state index contributed by atoms with van der Waals surface area (Å²) in [5.41, 5.74) is 0.562. The van der Waals surface area contributed by atoms with Gasteiger partial charge in [0.2, 0.25) is 0 Å². The van der Waals surface area contributed by atoms with Crippen LogP contribution in [0.4, 0.5) is 0 Å². The first-order chi connectivity index (χ1) is 12.8. The van der Waals surface area contributed by atoms with Crippen molar-refractivity contribution in [2.75, 3.05) is 0 Å². The third-order valence-electron chi connectivity index (χ3n) is 4.57. The summed E-state index contributed by atoms with van der Waals surface area (Å²) in [5.74, 6) is 0. The van der Waals surface area contributed by atoms with E-state index in [9.17, 15) is 5.26 Å². The van der Waals surface area contributed by atoms with E-state index in [4.69, 9.17) is 0 Å². The standard InChI is InChI=1S/C22H23N3S/c1-2-3-13-22(16-23,17-25-15-14-24-18-25)19-9-11-21(12-10-19)26-20-7-5-4-6-8-20/h4-12,14-15,18H,2-3,13,17H2,1H3. The van der Waals surface area contributed by atoms with Gasteiger partial charge in [0.15, 0.2) is 0 Å². The van der Waals surface area contributed by atoms with Gasteiger partial charge in [0.1, 0.15) is 5.41 Å². The largest absolute Gasteiger partial charge is 0.336 e. The number of aromatic nitrogens is 2. The predicted octanol–water partition coefficient (Wildman–Crippen LogP) is 5.69. The molecule has 132 valence electrons. The van der Waals surface area contributed by atoms with Gasteiger partial charge >= 0.3 is 0 Å². The Balaban J connectivity index is 1.85. The van der Waals surface area contributed by atoms with Gasteiger partial charge in [-0.05, 0) is 36.2 Å².